The van der Waals surface area contributed by atoms with E-state index in [4.69, 9.17) is 4.74 Å². The molecule has 0 unspecified atom stereocenters. The molecule has 1 N–H and O–H groups in total. The lowest BCUT2D eigenvalue weighted by Crippen LogP contribution is -2.15. The molecule has 0 atom stereocenters. The molecule has 1 aromatic heterocycles. The Morgan fingerprint density at radius 3 is 2.68 bits per heavy atom. The van der Waals surface area contributed by atoms with Crippen LogP contribution in [0.25, 0.3) is 0 Å². The molecule has 8 heteroatoms. The standard InChI is InChI=1S/C20H20N4O4/c1-14-5-3-4-6-19(14)28-18-12-16(11-17(13-18)24(26)27)21-20(25)8-10-23-9-7-15(2)22-23/h3-7,9,11-13H,8,10H2,1-2H3,(H,21,25). The number of amides is 1. The van der Waals surface area contributed by atoms with Gasteiger partial charge in [0.2, 0.25) is 5.91 Å². The van der Waals surface area contributed by atoms with E-state index in [1.165, 1.54) is 12.1 Å². The molecule has 1 heterocycles. The summed E-state index contributed by atoms with van der Waals surface area (Å²) in [5, 5.41) is 18.2. The average molecular weight is 380 g/mol. The largest absolute Gasteiger partial charge is 0.457 e. The number of hydrogen-bond acceptors (Lipinski definition) is 5. The highest BCUT2D eigenvalue weighted by molar-refractivity contribution is 5.91. The number of non-ortho nitro benzene ring substituents is 1. The van der Waals surface area contributed by atoms with Gasteiger partial charge >= 0.3 is 0 Å². The van der Waals surface area contributed by atoms with Crippen LogP contribution in [-0.4, -0.2) is 20.6 Å². The maximum atomic E-state index is 12.2. The van der Waals surface area contributed by atoms with Crippen molar-refractivity contribution in [2.24, 2.45) is 0 Å². The van der Waals surface area contributed by atoms with Crippen LogP contribution in [0.4, 0.5) is 11.4 Å². The van der Waals surface area contributed by atoms with E-state index in [-0.39, 0.29) is 23.8 Å². The fourth-order valence-electron chi connectivity index (χ4n) is 2.65. The summed E-state index contributed by atoms with van der Waals surface area (Å²) >= 11 is 0. The summed E-state index contributed by atoms with van der Waals surface area (Å²) in [5.41, 5.74) is 1.91. The molecule has 2 aromatic carbocycles. The molecule has 0 aliphatic carbocycles. The molecular formula is C20H20N4O4. The third-order valence-electron chi connectivity index (χ3n) is 4.05. The first-order valence-electron chi connectivity index (χ1n) is 8.73. The molecule has 0 spiro atoms. The lowest BCUT2D eigenvalue weighted by atomic mass is 10.2. The second-order valence-corrected chi connectivity index (χ2v) is 6.36. The monoisotopic (exact) mass is 380 g/mol. The van der Waals surface area contributed by atoms with Crippen LogP contribution < -0.4 is 10.1 Å². The van der Waals surface area contributed by atoms with Gasteiger partial charge in [0.15, 0.2) is 0 Å². The first-order chi connectivity index (χ1) is 13.4. The molecule has 144 valence electrons. The second kappa shape index (κ2) is 8.34. The van der Waals surface area contributed by atoms with E-state index in [0.717, 1.165) is 11.3 Å². The van der Waals surface area contributed by atoms with Gasteiger partial charge in [0.1, 0.15) is 11.5 Å². The van der Waals surface area contributed by atoms with Crippen molar-refractivity contribution in [3.8, 4) is 11.5 Å². The Labute approximate surface area is 161 Å². The first kappa shape index (κ1) is 19.1. The van der Waals surface area contributed by atoms with E-state index in [2.05, 4.69) is 10.4 Å². The lowest BCUT2D eigenvalue weighted by Gasteiger charge is -2.11. The number of benzene rings is 2. The molecule has 1 amide bonds. The van der Waals surface area contributed by atoms with Crippen LogP contribution in [-0.2, 0) is 11.3 Å². The number of nitro benzene ring substituents is 1. The van der Waals surface area contributed by atoms with Crippen molar-refractivity contribution >= 4 is 17.3 Å². The van der Waals surface area contributed by atoms with Crippen LogP contribution in [0, 0.1) is 24.0 Å². The topological polar surface area (TPSA) is 99.3 Å². The number of ether oxygens (including phenoxy) is 1. The average Bonchev–Trinajstić information content (AvgIpc) is 3.07. The van der Waals surface area contributed by atoms with Crippen LogP contribution >= 0.6 is 0 Å². The van der Waals surface area contributed by atoms with E-state index < -0.39 is 4.92 Å². The van der Waals surface area contributed by atoms with Crippen molar-refractivity contribution in [2.45, 2.75) is 26.8 Å². The zero-order valence-electron chi connectivity index (χ0n) is 15.6. The van der Waals surface area contributed by atoms with Gasteiger partial charge in [-0.05, 0) is 31.5 Å². The molecule has 0 fully saturated rings. The number of nitrogens with zero attached hydrogens (tertiary/aromatic N) is 3. The molecule has 3 aromatic rings. The predicted molar refractivity (Wildman–Crippen MR) is 105 cm³/mol. The summed E-state index contributed by atoms with van der Waals surface area (Å²) in [6.45, 7) is 4.17. The molecule has 0 aliphatic heterocycles. The molecule has 0 saturated heterocycles. The summed E-state index contributed by atoms with van der Waals surface area (Å²) in [7, 11) is 0. The first-order valence-corrected chi connectivity index (χ1v) is 8.73. The highest BCUT2D eigenvalue weighted by atomic mass is 16.6. The molecule has 0 radical (unpaired) electrons. The predicted octanol–water partition coefficient (Wildman–Crippen LogP) is 4.23. The number of nitrogens with one attached hydrogen (secondary N) is 1. The molecule has 0 bridgehead atoms. The maximum Gasteiger partial charge on any atom is 0.275 e. The highest BCUT2D eigenvalue weighted by Gasteiger charge is 2.14. The molecule has 0 aliphatic rings. The van der Waals surface area contributed by atoms with Crippen LogP contribution in [0.2, 0.25) is 0 Å². The van der Waals surface area contributed by atoms with Gasteiger partial charge in [0, 0.05) is 31.3 Å². The number of rotatable bonds is 7. The Bertz CT molecular complexity index is 1010. The van der Waals surface area contributed by atoms with Crippen molar-refractivity contribution < 1.29 is 14.5 Å². The number of anilines is 1. The molecule has 0 saturated carbocycles. The number of carbonyl (C=O) groups excluding carboxylic acids is 1. The van der Waals surface area contributed by atoms with Gasteiger partial charge < -0.3 is 10.1 Å². The van der Waals surface area contributed by atoms with E-state index in [0.29, 0.717) is 18.0 Å². The smallest absolute Gasteiger partial charge is 0.275 e. The summed E-state index contributed by atoms with van der Waals surface area (Å²) in [6.07, 6.45) is 1.99. The Morgan fingerprint density at radius 2 is 2.00 bits per heavy atom. The number of carbonyl (C=O) groups is 1. The molecule has 28 heavy (non-hydrogen) atoms. The number of aryl methyl sites for hydroxylation is 3. The van der Waals surface area contributed by atoms with E-state index in [9.17, 15) is 14.9 Å². The van der Waals surface area contributed by atoms with Crippen molar-refractivity contribution in [2.75, 3.05) is 5.32 Å². The Balaban J connectivity index is 1.74. The van der Waals surface area contributed by atoms with Crippen LogP contribution in [0.15, 0.2) is 54.7 Å². The van der Waals surface area contributed by atoms with Gasteiger partial charge in [-0.1, -0.05) is 18.2 Å². The maximum absolute atomic E-state index is 12.2. The van der Waals surface area contributed by atoms with E-state index >= 15 is 0 Å². The number of aromatic nitrogens is 2. The minimum absolute atomic E-state index is 0.163. The summed E-state index contributed by atoms with van der Waals surface area (Å²) in [5.74, 6) is 0.603. The number of nitro groups is 1. The van der Waals surface area contributed by atoms with E-state index in [1.54, 1.807) is 23.0 Å². The lowest BCUT2D eigenvalue weighted by molar-refractivity contribution is -0.384. The minimum atomic E-state index is -0.521. The van der Waals surface area contributed by atoms with E-state index in [1.807, 2.05) is 38.1 Å². The summed E-state index contributed by atoms with van der Waals surface area (Å²) < 4.78 is 7.46. The number of para-hydroxylation sites is 1. The molecular weight excluding hydrogens is 360 g/mol. The van der Waals surface area contributed by atoms with Crippen LogP contribution in [0.5, 0.6) is 11.5 Å². The summed E-state index contributed by atoms with van der Waals surface area (Å²) in [4.78, 5) is 23.0. The van der Waals surface area contributed by atoms with Crippen molar-refractivity contribution in [1.82, 2.24) is 9.78 Å². The van der Waals surface area contributed by atoms with Gasteiger partial charge in [0.05, 0.1) is 22.4 Å². The summed E-state index contributed by atoms with van der Waals surface area (Å²) in [6, 6.07) is 13.4. The van der Waals surface area contributed by atoms with Crippen molar-refractivity contribution in [1.29, 1.82) is 0 Å². The van der Waals surface area contributed by atoms with Gasteiger partial charge in [-0.25, -0.2) is 0 Å². The Kier molecular flexibility index (Phi) is 5.69. The van der Waals surface area contributed by atoms with Gasteiger partial charge in [-0.2, -0.15) is 5.10 Å². The van der Waals surface area contributed by atoms with Crippen LogP contribution in [0.3, 0.4) is 0 Å². The molecule has 8 nitrogen and oxygen atoms in total. The SMILES string of the molecule is Cc1ccn(CCC(=O)Nc2cc(Oc3ccccc3C)cc([N+](=O)[O-])c2)n1. The quantitative estimate of drug-likeness (QED) is 0.488. The highest BCUT2D eigenvalue weighted by Crippen LogP contribution is 2.31. The van der Waals surface area contributed by atoms with Gasteiger partial charge in [-0.3, -0.25) is 19.6 Å². The minimum Gasteiger partial charge on any atom is -0.457 e. The second-order valence-electron chi connectivity index (χ2n) is 6.36. The van der Waals surface area contributed by atoms with Crippen molar-refractivity contribution in [3.05, 3.63) is 76.1 Å². The zero-order chi connectivity index (χ0) is 20.1. The molecule has 3 rings (SSSR count). The third-order valence-corrected chi connectivity index (χ3v) is 4.05. The third kappa shape index (κ3) is 4.94. The number of hydrogen-bond donors (Lipinski definition) is 1. The normalized spacial score (nSPS) is 10.5. The zero-order valence-corrected chi connectivity index (χ0v) is 15.6. The Hall–Kier alpha value is -3.68. The fraction of sp³-hybridized carbons (Fsp3) is 0.200. The van der Waals surface area contributed by atoms with Gasteiger partial charge in [-0.15, -0.1) is 0 Å². The fourth-order valence-corrected chi connectivity index (χ4v) is 2.65. The Morgan fingerprint density at radius 1 is 1.21 bits per heavy atom. The van der Waals surface area contributed by atoms with Crippen LogP contribution in [0.1, 0.15) is 17.7 Å². The van der Waals surface area contributed by atoms with Crippen molar-refractivity contribution in [3.63, 3.8) is 0 Å². The van der Waals surface area contributed by atoms with Gasteiger partial charge in [0.25, 0.3) is 5.69 Å².